The van der Waals surface area contributed by atoms with Crippen LogP contribution in [0.3, 0.4) is 0 Å². The number of nitrogens with zero attached hydrogens (tertiary/aromatic N) is 1. The lowest BCUT2D eigenvalue weighted by Gasteiger charge is -2.13. The minimum absolute atomic E-state index is 0.0503. The first-order valence-electron chi connectivity index (χ1n) is 4.99. The number of pyridine rings is 1. The molecule has 1 aromatic rings. The van der Waals surface area contributed by atoms with E-state index in [4.69, 9.17) is 5.73 Å². The molecule has 0 bridgehead atoms. The fourth-order valence-electron chi connectivity index (χ4n) is 1.27. The van der Waals surface area contributed by atoms with Crippen LogP contribution in [0.4, 0.5) is 5.82 Å². The maximum absolute atomic E-state index is 5.77. The normalized spacial score (nSPS) is 13.0. The van der Waals surface area contributed by atoms with Crippen molar-refractivity contribution >= 4 is 5.82 Å². The van der Waals surface area contributed by atoms with E-state index in [1.54, 1.807) is 0 Å². The van der Waals surface area contributed by atoms with Crippen molar-refractivity contribution in [1.82, 2.24) is 4.98 Å². The van der Waals surface area contributed by atoms with Gasteiger partial charge in [-0.1, -0.05) is 0 Å². The van der Waals surface area contributed by atoms with Crippen LogP contribution in [-0.2, 0) is 0 Å². The van der Waals surface area contributed by atoms with Crippen LogP contribution in [0.15, 0.2) is 12.3 Å². The lowest BCUT2D eigenvalue weighted by atomic mass is 10.1. The maximum Gasteiger partial charge on any atom is 0.129 e. The van der Waals surface area contributed by atoms with Crippen LogP contribution >= 0.6 is 0 Å². The smallest absolute Gasteiger partial charge is 0.129 e. The molecule has 3 N–H and O–H groups in total. The molecule has 78 valence electrons. The second-order valence-corrected chi connectivity index (χ2v) is 4.02. The zero-order valence-corrected chi connectivity index (χ0v) is 9.33. The van der Waals surface area contributed by atoms with Crippen molar-refractivity contribution < 1.29 is 0 Å². The van der Waals surface area contributed by atoms with E-state index in [9.17, 15) is 0 Å². The van der Waals surface area contributed by atoms with E-state index in [1.807, 2.05) is 20.0 Å². The highest BCUT2D eigenvalue weighted by molar-refractivity contribution is 5.45. The van der Waals surface area contributed by atoms with Crippen molar-refractivity contribution in [2.45, 2.75) is 39.8 Å². The highest BCUT2D eigenvalue weighted by Gasteiger charge is 2.05. The molecule has 14 heavy (non-hydrogen) atoms. The van der Waals surface area contributed by atoms with Crippen LogP contribution in [0.5, 0.6) is 0 Å². The SMILES string of the molecule is Cc1cc(C(C)N)cnc1NC(C)C. The van der Waals surface area contributed by atoms with E-state index in [2.05, 4.69) is 30.2 Å². The quantitative estimate of drug-likeness (QED) is 0.774. The second-order valence-electron chi connectivity index (χ2n) is 4.02. The molecule has 1 unspecified atom stereocenters. The summed E-state index contributed by atoms with van der Waals surface area (Å²) in [5.41, 5.74) is 8.00. The number of rotatable bonds is 3. The Hall–Kier alpha value is -1.09. The Morgan fingerprint density at radius 3 is 2.43 bits per heavy atom. The summed E-state index contributed by atoms with van der Waals surface area (Å²) < 4.78 is 0. The first kappa shape index (κ1) is 11.0. The lowest BCUT2D eigenvalue weighted by molar-refractivity contribution is 0.807. The van der Waals surface area contributed by atoms with E-state index in [1.165, 1.54) is 0 Å². The van der Waals surface area contributed by atoms with Gasteiger partial charge in [-0.15, -0.1) is 0 Å². The van der Waals surface area contributed by atoms with Gasteiger partial charge in [-0.2, -0.15) is 0 Å². The van der Waals surface area contributed by atoms with Crippen molar-refractivity contribution in [3.8, 4) is 0 Å². The first-order valence-corrected chi connectivity index (χ1v) is 4.99. The van der Waals surface area contributed by atoms with E-state index >= 15 is 0 Å². The molecule has 0 aliphatic rings. The molecule has 0 spiro atoms. The third kappa shape index (κ3) is 2.70. The van der Waals surface area contributed by atoms with Gasteiger partial charge >= 0.3 is 0 Å². The number of hydrogen-bond donors (Lipinski definition) is 2. The van der Waals surface area contributed by atoms with Crippen molar-refractivity contribution in [3.05, 3.63) is 23.4 Å². The summed E-state index contributed by atoms with van der Waals surface area (Å²) in [5.74, 6) is 0.949. The van der Waals surface area contributed by atoms with Gasteiger partial charge < -0.3 is 11.1 Å². The molecule has 1 heterocycles. The molecule has 3 nitrogen and oxygen atoms in total. The van der Waals surface area contributed by atoms with Crippen molar-refractivity contribution in [1.29, 1.82) is 0 Å². The molecule has 0 radical (unpaired) electrons. The molecule has 0 aliphatic heterocycles. The summed E-state index contributed by atoms with van der Waals surface area (Å²) >= 11 is 0. The predicted octanol–water partition coefficient (Wildman–Crippen LogP) is 2.23. The van der Waals surface area contributed by atoms with Gasteiger partial charge in [-0.25, -0.2) is 4.98 Å². The van der Waals surface area contributed by atoms with Crippen LogP contribution in [0, 0.1) is 6.92 Å². The summed E-state index contributed by atoms with van der Waals surface area (Å²) in [6, 6.07) is 2.54. The third-order valence-electron chi connectivity index (χ3n) is 2.05. The zero-order valence-electron chi connectivity index (χ0n) is 9.33. The maximum atomic E-state index is 5.77. The predicted molar refractivity (Wildman–Crippen MR) is 60.3 cm³/mol. The summed E-state index contributed by atoms with van der Waals surface area (Å²) in [6.07, 6.45) is 1.84. The Kier molecular flexibility index (Phi) is 3.47. The van der Waals surface area contributed by atoms with Crippen LogP contribution in [0.1, 0.15) is 37.9 Å². The van der Waals surface area contributed by atoms with Crippen LogP contribution in [0.25, 0.3) is 0 Å². The fourth-order valence-corrected chi connectivity index (χ4v) is 1.27. The van der Waals surface area contributed by atoms with Gasteiger partial charge in [-0.3, -0.25) is 0 Å². The minimum Gasteiger partial charge on any atom is -0.368 e. The Labute approximate surface area is 85.7 Å². The molecule has 3 heteroatoms. The van der Waals surface area contributed by atoms with Crippen LogP contribution < -0.4 is 11.1 Å². The molecule has 0 amide bonds. The highest BCUT2D eigenvalue weighted by Crippen LogP contribution is 2.16. The molecule has 1 rings (SSSR count). The minimum atomic E-state index is 0.0503. The number of anilines is 1. The fraction of sp³-hybridized carbons (Fsp3) is 0.545. The highest BCUT2D eigenvalue weighted by atomic mass is 15.0. The molecule has 0 fully saturated rings. The molecule has 1 aromatic heterocycles. The molecule has 0 saturated heterocycles. The molecule has 0 saturated carbocycles. The average molecular weight is 193 g/mol. The topological polar surface area (TPSA) is 50.9 Å². The van der Waals surface area contributed by atoms with Gasteiger partial charge in [0.25, 0.3) is 0 Å². The summed E-state index contributed by atoms with van der Waals surface area (Å²) in [6.45, 7) is 8.21. The van der Waals surface area contributed by atoms with Gasteiger partial charge in [-0.05, 0) is 44.9 Å². The standard InChI is InChI=1S/C11H19N3/c1-7(2)14-11-8(3)5-10(6-13-11)9(4)12/h5-7,9H,12H2,1-4H3,(H,13,14). The second kappa shape index (κ2) is 4.42. The Morgan fingerprint density at radius 2 is 2.00 bits per heavy atom. The van der Waals surface area contributed by atoms with E-state index in [-0.39, 0.29) is 6.04 Å². The van der Waals surface area contributed by atoms with E-state index < -0.39 is 0 Å². The van der Waals surface area contributed by atoms with E-state index in [0.717, 1.165) is 16.9 Å². The number of nitrogens with two attached hydrogens (primary N) is 1. The van der Waals surface area contributed by atoms with Crippen molar-refractivity contribution in [2.75, 3.05) is 5.32 Å². The Balaban J connectivity index is 2.90. The first-order chi connectivity index (χ1) is 6.50. The van der Waals surface area contributed by atoms with E-state index in [0.29, 0.717) is 6.04 Å². The van der Waals surface area contributed by atoms with Gasteiger partial charge in [0.2, 0.25) is 0 Å². The Bertz CT molecular complexity index is 305. The summed E-state index contributed by atoms with van der Waals surface area (Å²) in [4.78, 5) is 4.35. The zero-order chi connectivity index (χ0) is 10.7. The molecular weight excluding hydrogens is 174 g/mol. The number of hydrogen-bond acceptors (Lipinski definition) is 3. The lowest BCUT2D eigenvalue weighted by Crippen LogP contribution is -2.13. The molecule has 0 aromatic carbocycles. The van der Waals surface area contributed by atoms with Crippen molar-refractivity contribution in [3.63, 3.8) is 0 Å². The molecular formula is C11H19N3. The van der Waals surface area contributed by atoms with Crippen LogP contribution in [-0.4, -0.2) is 11.0 Å². The summed E-state index contributed by atoms with van der Waals surface area (Å²) in [7, 11) is 0. The number of nitrogens with one attached hydrogen (secondary N) is 1. The van der Waals surface area contributed by atoms with Crippen molar-refractivity contribution in [2.24, 2.45) is 5.73 Å². The van der Waals surface area contributed by atoms with Gasteiger partial charge in [0.15, 0.2) is 0 Å². The summed E-state index contributed by atoms with van der Waals surface area (Å²) in [5, 5.41) is 3.29. The largest absolute Gasteiger partial charge is 0.368 e. The third-order valence-corrected chi connectivity index (χ3v) is 2.05. The number of aromatic nitrogens is 1. The van der Waals surface area contributed by atoms with Crippen LogP contribution in [0.2, 0.25) is 0 Å². The van der Waals surface area contributed by atoms with Gasteiger partial charge in [0.05, 0.1) is 0 Å². The number of aryl methyl sites for hydroxylation is 1. The molecule has 0 aliphatic carbocycles. The van der Waals surface area contributed by atoms with Gasteiger partial charge in [0, 0.05) is 18.3 Å². The van der Waals surface area contributed by atoms with Gasteiger partial charge in [0.1, 0.15) is 5.82 Å². The Morgan fingerprint density at radius 1 is 1.36 bits per heavy atom. The average Bonchev–Trinajstić information content (AvgIpc) is 2.07. The molecule has 1 atom stereocenters. The monoisotopic (exact) mass is 193 g/mol.